The Morgan fingerprint density at radius 2 is 1.44 bits per heavy atom. The Hall–Kier alpha value is -2.23. The molecule has 0 bridgehead atoms. The Morgan fingerprint density at radius 1 is 0.840 bits per heavy atom. The predicted octanol–water partition coefficient (Wildman–Crippen LogP) is 4.63. The summed E-state index contributed by atoms with van der Waals surface area (Å²) < 4.78 is 12.8. The highest BCUT2D eigenvalue weighted by Gasteiger charge is 2.16. The average Bonchev–Trinajstić information content (AvgIpc) is 2.67. The van der Waals surface area contributed by atoms with Crippen LogP contribution in [-0.2, 0) is 17.3 Å². The molecule has 0 heterocycles. The highest BCUT2D eigenvalue weighted by atomic mass is 32.2. The lowest BCUT2D eigenvalue weighted by Crippen LogP contribution is -2.26. The molecule has 0 amide bonds. The van der Waals surface area contributed by atoms with Gasteiger partial charge in [-0.2, -0.15) is 0 Å². The third-order valence-corrected chi connectivity index (χ3v) is 5.63. The Morgan fingerprint density at radius 3 is 2.08 bits per heavy atom. The molecular weight excluding hydrogens is 326 g/mol. The van der Waals surface area contributed by atoms with Gasteiger partial charge in [-0.25, -0.2) is 0 Å². The first-order valence-electron chi connectivity index (χ1n) is 8.49. The molecule has 0 unspecified atom stereocenters. The summed E-state index contributed by atoms with van der Waals surface area (Å²) in [4.78, 5) is 0.882. The van der Waals surface area contributed by atoms with Gasteiger partial charge in [-0.05, 0) is 30.2 Å². The van der Waals surface area contributed by atoms with Gasteiger partial charge < -0.3 is 5.32 Å². The molecule has 3 aromatic rings. The molecule has 0 aliphatic rings. The van der Waals surface area contributed by atoms with Gasteiger partial charge in [0.25, 0.3) is 0 Å². The van der Waals surface area contributed by atoms with Crippen LogP contribution in [0.3, 0.4) is 0 Å². The van der Waals surface area contributed by atoms with E-state index in [1.54, 1.807) is 0 Å². The van der Waals surface area contributed by atoms with E-state index in [4.69, 9.17) is 0 Å². The van der Waals surface area contributed by atoms with Crippen LogP contribution >= 0.6 is 0 Å². The highest BCUT2D eigenvalue weighted by molar-refractivity contribution is 7.85. The molecule has 0 aliphatic heterocycles. The number of hydrogen-bond acceptors (Lipinski definition) is 2. The SMILES string of the molecule is Cc1ccc([S@@](=O)C[C@@H](NCc2ccccc2)c2ccccc2)cc1. The van der Waals surface area contributed by atoms with Crippen LogP contribution in [0.5, 0.6) is 0 Å². The largest absolute Gasteiger partial charge is 0.305 e. The smallest absolute Gasteiger partial charge is 0.0548 e. The molecular formula is C22H23NOS. The second kappa shape index (κ2) is 8.75. The van der Waals surface area contributed by atoms with Crippen molar-refractivity contribution in [1.82, 2.24) is 5.32 Å². The van der Waals surface area contributed by atoms with E-state index in [2.05, 4.69) is 29.6 Å². The van der Waals surface area contributed by atoms with E-state index in [1.807, 2.05) is 67.6 Å². The fourth-order valence-corrected chi connectivity index (χ4v) is 3.98. The van der Waals surface area contributed by atoms with Crippen molar-refractivity contribution >= 4 is 10.8 Å². The van der Waals surface area contributed by atoms with Gasteiger partial charge in [-0.3, -0.25) is 4.21 Å². The summed E-state index contributed by atoms with van der Waals surface area (Å²) in [5.41, 5.74) is 3.58. The molecule has 2 nitrogen and oxygen atoms in total. The van der Waals surface area contributed by atoms with Crippen LogP contribution in [0, 0.1) is 6.92 Å². The first-order chi connectivity index (χ1) is 12.2. The van der Waals surface area contributed by atoms with Crippen molar-refractivity contribution in [1.29, 1.82) is 0 Å². The van der Waals surface area contributed by atoms with Crippen molar-refractivity contribution in [3.05, 3.63) is 102 Å². The zero-order valence-electron chi connectivity index (χ0n) is 14.4. The molecule has 3 rings (SSSR count). The van der Waals surface area contributed by atoms with Crippen molar-refractivity contribution < 1.29 is 4.21 Å². The van der Waals surface area contributed by atoms with E-state index in [-0.39, 0.29) is 6.04 Å². The maximum Gasteiger partial charge on any atom is 0.0548 e. The van der Waals surface area contributed by atoms with E-state index in [9.17, 15) is 4.21 Å². The molecule has 128 valence electrons. The molecule has 0 saturated heterocycles. The first-order valence-corrected chi connectivity index (χ1v) is 9.81. The summed E-state index contributed by atoms with van der Waals surface area (Å²) in [5.74, 6) is 0.555. The maximum atomic E-state index is 12.8. The number of rotatable bonds is 7. The molecule has 1 N–H and O–H groups in total. The highest BCUT2D eigenvalue weighted by Crippen LogP contribution is 2.18. The lowest BCUT2D eigenvalue weighted by atomic mass is 10.1. The van der Waals surface area contributed by atoms with Crippen LogP contribution in [0.15, 0.2) is 89.8 Å². The molecule has 0 radical (unpaired) electrons. The number of nitrogens with one attached hydrogen (secondary N) is 1. The quantitative estimate of drug-likeness (QED) is 0.673. The average molecular weight is 349 g/mol. The second-order valence-corrected chi connectivity index (χ2v) is 7.65. The monoisotopic (exact) mass is 349 g/mol. The van der Waals surface area contributed by atoms with Crippen molar-refractivity contribution in [2.45, 2.75) is 24.4 Å². The summed E-state index contributed by atoms with van der Waals surface area (Å²) in [6.07, 6.45) is 0. The minimum Gasteiger partial charge on any atom is -0.305 e. The van der Waals surface area contributed by atoms with Gasteiger partial charge in [0.1, 0.15) is 0 Å². The van der Waals surface area contributed by atoms with Gasteiger partial charge in [0.05, 0.1) is 10.8 Å². The molecule has 0 spiro atoms. The number of benzene rings is 3. The third kappa shape index (κ3) is 5.12. The summed E-state index contributed by atoms with van der Waals surface area (Å²) in [6.45, 7) is 2.80. The molecule has 0 saturated carbocycles. The topological polar surface area (TPSA) is 29.1 Å². The molecule has 3 heteroatoms. The Balaban J connectivity index is 1.74. The fraction of sp³-hybridized carbons (Fsp3) is 0.182. The minimum absolute atomic E-state index is 0.0449. The van der Waals surface area contributed by atoms with Gasteiger partial charge in [-0.1, -0.05) is 78.4 Å². The predicted molar refractivity (Wildman–Crippen MR) is 105 cm³/mol. The normalized spacial score (nSPS) is 13.3. The Labute approximate surface area is 152 Å². The van der Waals surface area contributed by atoms with E-state index < -0.39 is 10.8 Å². The Bertz CT molecular complexity index is 800. The summed E-state index contributed by atoms with van der Waals surface area (Å²) in [6, 6.07) is 28.6. The summed E-state index contributed by atoms with van der Waals surface area (Å²) in [7, 11) is -1.04. The van der Waals surface area contributed by atoms with E-state index in [0.29, 0.717) is 5.75 Å². The third-order valence-electron chi connectivity index (χ3n) is 4.20. The van der Waals surface area contributed by atoms with Crippen LogP contribution in [0.2, 0.25) is 0 Å². The van der Waals surface area contributed by atoms with Gasteiger partial charge in [0.2, 0.25) is 0 Å². The lowest BCUT2D eigenvalue weighted by Gasteiger charge is -2.19. The van der Waals surface area contributed by atoms with Crippen molar-refractivity contribution in [3.8, 4) is 0 Å². The fourth-order valence-electron chi connectivity index (χ4n) is 2.73. The van der Waals surface area contributed by atoms with E-state index in [0.717, 1.165) is 11.4 Å². The van der Waals surface area contributed by atoms with Crippen molar-refractivity contribution in [2.75, 3.05) is 5.75 Å². The summed E-state index contributed by atoms with van der Waals surface area (Å²) in [5, 5.41) is 3.57. The molecule has 0 aliphatic carbocycles. The van der Waals surface area contributed by atoms with Crippen LogP contribution in [0.4, 0.5) is 0 Å². The standard InChI is InChI=1S/C22H23NOS/c1-18-12-14-21(15-13-18)25(24)17-22(20-10-6-3-7-11-20)23-16-19-8-4-2-5-9-19/h2-15,22-23H,16-17H2,1H3/t22-,25+/m1/s1. The number of hydrogen-bond donors (Lipinski definition) is 1. The van der Waals surface area contributed by atoms with Crippen LogP contribution in [-0.4, -0.2) is 9.96 Å². The molecule has 3 aromatic carbocycles. The van der Waals surface area contributed by atoms with Crippen molar-refractivity contribution in [3.63, 3.8) is 0 Å². The lowest BCUT2D eigenvalue weighted by molar-refractivity contribution is 0.573. The van der Waals surface area contributed by atoms with E-state index in [1.165, 1.54) is 16.7 Å². The number of aryl methyl sites for hydroxylation is 1. The van der Waals surface area contributed by atoms with Gasteiger partial charge >= 0.3 is 0 Å². The van der Waals surface area contributed by atoms with E-state index >= 15 is 0 Å². The second-order valence-electron chi connectivity index (χ2n) is 6.16. The van der Waals surface area contributed by atoms with Crippen LogP contribution in [0.1, 0.15) is 22.7 Å². The zero-order chi connectivity index (χ0) is 17.5. The maximum absolute atomic E-state index is 12.8. The van der Waals surface area contributed by atoms with Crippen LogP contribution in [0.25, 0.3) is 0 Å². The van der Waals surface area contributed by atoms with Gasteiger partial charge in [0.15, 0.2) is 0 Å². The molecule has 0 fully saturated rings. The van der Waals surface area contributed by atoms with Gasteiger partial charge in [-0.15, -0.1) is 0 Å². The Kier molecular flexibility index (Phi) is 6.15. The zero-order valence-corrected chi connectivity index (χ0v) is 15.2. The molecule has 2 atom stereocenters. The molecule has 25 heavy (non-hydrogen) atoms. The molecule has 0 aromatic heterocycles. The first kappa shape index (κ1) is 17.6. The van der Waals surface area contributed by atoms with Crippen molar-refractivity contribution in [2.24, 2.45) is 0 Å². The summed E-state index contributed by atoms with van der Waals surface area (Å²) >= 11 is 0. The van der Waals surface area contributed by atoms with Gasteiger partial charge in [0, 0.05) is 23.2 Å². The van der Waals surface area contributed by atoms with Crippen LogP contribution < -0.4 is 5.32 Å². The minimum atomic E-state index is -1.04.